The molecule has 1 aromatic heterocycles. The van der Waals surface area contributed by atoms with E-state index in [-0.39, 0.29) is 18.7 Å². The number of hydrogen-bond donors (Lipinski definition) is 0. The van der Waals surface area contributed by atoms with Gasteiger partial charge in [0, 0.05) is 25.4 Å². The van der Waals surface area contributed by atoms with Crippen LogP contribution in [0.2, 0.25) is 0 Å². The molecule has 0 saturated carbocycles. The van der Waals surface area contributed by atoms with Crippen molar-refractivity contribution in [3.05, 3.63) is 90.3 Å². The molecule has 0 radical (unpaired) electrons. The lowest BCUT2D eigenvalue weighted by atomic mass is 10.0. The minimum Gasteiger partial charge on any atom is -0.307 e. The average Bonchev–Trinajstić information content (AvgIpc) is 3.04. The van der Waals surface area contributed by atoms with Gasteiger partial charge in [-0.3, -0.25) is 9.78 Å². The van der Waals surface area contributed by atoms with Gasteiger partial charge in [-0.05, 0) is 47.5 Å². The summed E-state index contributed by atoms with van der Waals surface area (Å²) in [6, 6.07) is 14.5. The summed E-state index contributed by atoms with van der Waals surface area (Å²) in [5, 5.41) is 0. The summed E-state index contributed by atoms with van der Waals surface area (Å²) < 4.78 is 61.8. The summed E-state index contributed by atoms with van der Waals surface area (Å²) in [5.74, 6) is -0.561. The Kier molecular flexibility index (Phi) is 6.13. The second-order valence-electron chi connectivity index (χ2n) is 7.59. The highest BCUT2D eigenvalue weighted by atomic mass is 32.2. The minimum absolute atomic E-state index is 0.0218. The van der Waals surface area contributed by atoms with Gasteiger partial charge in [-0.2, -0.15) is 13.2 Å². The van der Waals surface area contributed by atoms with Gasteiger partial charge in [0.05, 0.1) is 10.6 Å². The number of alkyl halides is 3. The number of sulfone groups is 1. The third-order valence-electron chi connectivity index (χ3n) is 5.40. The highest BCUT2D eigenvalue weighted by molar-refractivity contribution is 7.92. The van der Waals surface area contributed by atoms with Gasteiger partial charge >= 0.3 is 11.5 Å². The van der Waals surface area contributed by atoms with Gasteiger partial charge in [0.25, 0.3) is 15.7 Å². The minimum atomic E-state index is -5.55. The van der Waals surface area contributed by atoms with Gasteiger partial charge in [-0.25, -0.2) is 18.1 Å². The van der Waals surface area contributed by atoms with Crippen molar-refractivity contribution in [1.82, 2.24) is 9.88 Å². The summed E-state index contributed by atoms with van der Waals surface area (Å²) in [4.78, 5) is 31.8. The molecular weight excluding hydrogens is 471 g/mol. The molecule has 1 atom stereocenters. The lowest BCUT2D eigenvalue weighted by Gasteiger charge is -2.22. The molecule has 0 spiro atoms. The van der Waals surface area contributed by atoms with Crippen molar-refractivity contribution in [2.24, 2.45) is 0 Å². The number of aromatic nitrogens is 1. The Hall–Kier alpha value is -3.73. The zero-order valence-corrected chi connectivity index (χ0v) is 18.3. The van der Waals surface area contributed by atoms with Crippen LogP contribution in [0.1, 0.15) is 11.1 Å². The SMILES string of the molecule is O=C1[C@@H](Cc2ccccc2)N(Cc2ccncc2)C(=O)N1c1ccc(S(=O)(=O)C(F)(F)F)cc1. The lowest BCUT2D eigenvalue weighted by Crippen LogP contribution is -2.36. The van der Waals surface area contributed by atoms with Gasteiger partial charge in [-0.15, -0.1) is 0 Å². The molecule has 0 N–H and O–H groups in total. The molecule has 1 aliphatic heterocycles. The molecule has 1 fully saturated rings. The molecule has 3 aromatic rings. The molecule has 0 aliphatic carbocycles. The Bertz CT molecular complexity index is 1240. The van der Waals surface area contributed by atoms with Gasteiger partial charge in [-0.1, -0.05) is 30.3 Å². The van der Waals surface area contributed by atoms with Crippen molar-refractivity contribution in [2.75, 3.05) is 4.90 Å². The number of imide groups is 1. The predicted molar refractivity (Wildman–Crippen MR) is 116 cm³/mol. The van der Waals surface area contributed by atoms with E-state index in [0.29, 0.717) is 0 Å². The van der Waals surface area contributed by atoms with Crippen LogP contribution in [-0.4, -0.2) is 41.8 Å². The fourth-order valence-corrected chi connectivity index (χ4v) is 4.44. The Balaban J connectivity index is 1.67. The van der Waals surface area contributed by atoms with Crippen molar-refractivity contribution in [3.8, 4) is 0 Å². The first-order chi connectivity index (χ1) is 16.1. The number of benzene rings is 2. The maximum absolute atomic E-state index is 13.3. The molecule has 1 aliphatic rings. The molecule has 0 bridgehead atoms. The molecule has 2 heterocycles. The molecule has 7 nitrogen and oxygen atoms in total. The maximum Gasteiger partial charge on any atom is 0.501 e. The molecule has 176 valence electrons. The standard InChI is InChI=1S/C23H18F3N3O4S/c24-23(25,26)34(32,33)19-8-6-18(7-9-19)29-21(30)20(14-16-4-2-1-3-5-16)28(22(29)31)15-17-10-12-27-13-11-17/h1-13,20H,14-15H2/t20-/m1/s1. The number of pyridine rings is 1. The largest absolute Gasteiger partial charge is 0.501 e. The maximum atomic E-state index is 13.3. The Morgan fingerprint density at radius 1 is 0.853 bits per heavy atom. The first-order valence-corrected chi connectivity index (χ1v) is 11.6. The Labute approximate surface area is 193 Å². The Morgan fingerprint density at radius 2 is 1.47 bits per heavy atom. The molecule has 11 heteroatoms. The molecule has 2 aromatic carbocycles. The average molecular weight is 489 g/mol. The van der Waals surface area contributed by atoms with Crippen LogP contribution in [0.4, 0.5) is 23.7 Å². The monoisotopic (exact) mass is 489 g/mol. The van der Waals surface area contributed by atoms with E-state index in [4.69, 9.17) is 0 Å². The van der Waals surface area contributed by atoms with Crippen LogP contribution in [0.3, 0.4) is 0 Å². The van der Waals surface area contributed by atoms with Crippen LogP contribution in [0, 0.1) is 0 Å². The fourth-order valence-electron chi connectivity index (χ4n) is 3.68. The van der Waals surface area contributed by atoms with Gasteiger partial charge in [0.15, 0.2) is 0 Å². The summed E-state index contributed by atoms with van der Waals surface area (Å²) in [6.45, 7) is 0.113. The van der Waals surface area contributed by atoms with Crippen LogP contribution < -0.4 is 4.90 Å². The number of urea groups is 1. The van der Waals surface area contributed by atoms with Crippen molar-refractivity contribution in [1.29, 1.82) is 0 Å². The third kappa shape index (κ3) is 4.38. The quantitative estimate of drug-likeness (QED) is 0.490. The van der Waals surface area contributed by atoms with Gasteiger partial charge in [0.1, 0.15) is 6.04 Å². The zero-order chi connectivity index (χ0) is 24.5. The van der Waals surface area contributed by atoms with Crippen molar-refractivity contribution in [2.45, 2.75) is 29.4 Å². The first kappa shape index (κ1) is 23.4. The van der Waals surface area contributed by atoms with E-state index in [0.717, 1.165) is 40.3 Å². The van der Waals surface area contributed by atoms with Crippen LogP contribution >= 0.6 is 0 Å². The number of amides is 3. The van der Waals surface area contributed by atoms with E-state index in [1.807, 2.05) is 18.2 Å². The summed E-state index contributed by atoms with van der Waals surface area (Å²) >= 11 is 0. The number of anilines is 1. The summed E-state index contributed by atoms with van der Waals surface area (Å²) in [5.41, 5.74) is -3.92. The topological polar surface area (TPSA) is 87.7 Å². The molecule has 3 amide bonds. The second-order valence-corrected chi connectivity index (χ2v) is 9.53. The van der Waals surface area contributed by atoms with E-state index < -0.39 is 38.2 Å². The van der Waals surface area contributed by atoms with Crippen molar-refractivity contribution in [3.63, 3.8) is 0 Å². The van der Waals surface area contributed by atoms with Crippen molar-refractivity contribution < 1.29 is 31.2 Å². The van der Waals surface area contributed by atoms with Gasteiger partial charge < -0.3 is 4.90 Å². The number of carbonyl (C=O) groups is 2. The number of nitrogens with zero attached hydrogens (tertiary/aromatic N) is 3. The number of carbonyl (C=O) groups excluding carboxylic acids is 2. The molecule has 0 unspecified atom stereocenters. The Morgan fingerprint density at radius 3 is 2.06 bits per heavy atom. The second kappa shape index (κ2) is 8.90. The van der Waals surface area contributed by atoms with E-state index in [2.05, 4.69) is 4.98 Å². The fraction of sp³-hybridized carbons (Fsp3) is 0.174. The lowest BCUT2D eigenvalue weighted by molar-refractivity contribution is -0.119. The van der Waals surface area contributed by atoms with Crippen LogP contribution in [0.5, 0.6) is 0 Å². The summed E-state index contributed by atoms with van der Waals surface area (Å²) in [7, 11) is -5.55. The van der Waals surface area contributed by atoms with E-state index in [1.54, 1.807) is 36.7 Å². The normalized spacial score (nSPS) is 16.9. The molecular formula is C23H18F3N3O4S. The first-order valence-electron chi connectivity index (χ1n) is 10.1. The molecule has 1 saturated heterocycles. The van der Waals surface area contributed by atoms with E-state index >= 15 is 0 Å². The number of halogens is 3. The highest BCUT2D eigenvalue weighted by Gasteiger charge is 2.48. The summed E-state index contributed by atoms with van der Waals surface area (Å²) in [6.07, 6.45) is 3.34. The third-order valence-corrected chi connectivity index (χ3v) is 6.90. The van der Waals surface area contributed by atoms with E-state index in [9.17, 15) is 31.2 Å². The van der Waals surface area contributed by atoms with Crippen molar-refractivity contribution >= 4 is 27.5 Å². The number of hydrogen-bond acceptors (Lipinski definition) is 5. The molecule has 34 heavy (non-hydrogen) atoms. The predicted octanol–water partition coefficient (Wildman–Crippen LogP) is 3.96. The zero-order valence-electron chi connectivity index (χ0n) is 17.5. The van der Waals surface area contributed by atoms with Crippen LogP contribution in [0.25, 0.3) is 0 Å². The smallest absolute Gasteiger partial charge is 0.307 e. The van der Waals surface area contributed by atoms with Crippen LogP contribution in [-0.2, 0) is 27.6 Å². The van der Waals surface area contributed by atoms with Gasteiger partial charge in [0.2, 0.25) is 0 Å². The van der Waals surface area contributed by atoms with E-state index in [1.165, 1.54) is 4.90 Å². The number of rotatable bonds is 6. The van der Waals surface area contributed by atoms with Crippen LogP contribution in [0.15, 0.2) is 84.0 Å². The highest BCUT2D eigenvalue weighted by Crippen LogP contribution is 2.33. The molecule has 4 rings (SSSR count).